The lowest BCUT2D eigenvalue weighted by Crippen LogP contribution is -2.30. The van der Waals surface area contributed by atoms with Crippen LogP contribution in [0, 0.1) is 10.8 Å². The minimum Gasteiger partial charge on any atom is -0.171 e. The summed E-state index contributed by atoms with van der Waals surface area (Å²) in [5.74, 6) is 0. The molecule has 0 aromatic carbocycles. The summed E-state index contributed by atoms with van der Waals surface area (Å²) in [4.78, 5) is 0. The molecule has 0 radical (unpaired) electrons. The molecular weight excluding hydrogens is 189 g/mol. The van der Waals surface area contributed by atoms with E-state index in [1.165, 1.54) is 0 Å². The van der Waals surface area contributed by atoms with Crippen LogP contribution in [0.3, 0.4) is 0 Å². The zero-order chi connectivity index (χ0) is 11.0. The lowest BCUT2D eigenvalue weighted by Gasteiger charge is -2.30. The average molecular weight is 208 g/mol. The maximum atomic E-state index is 12.7. The van der Waals surface area contributed by atoms with E-state index in [-0.39, 0.29) is 5.41 Å². The molecular formula is C11H19F3. The van der Waals surface area contributed by atoms with Crippen LogP contribution in [-0.2, 0) is 0 Å². The van der Waals surface area contributed by atoms with Gasteiger partial charge in [0.05, 0.1) is 5.41 Å². The van der Waals surface area contributed by atoms with Crippen LogP contribution in [0.5, 0.6) is 0 Å². The third-order valence-electron chi connectivity index (χ3n) is 3.20. The van der Waals surface area contributed by atoms with Crippen LogP contribution in [0.25, 0.3) is 0 Å². The van der Waals surface area contributed by atoms with Gasteiger partial charge in [-0.1, -0.05) is 27.2 Å². The number of hydrogen-bond acceptors (Lipinski definition) is 0. The fourth-order valence-electron chi connectivity index (χ4n) is 2.39. The number of rotatable bonds is 4. The Morgan fingerprint density at radius 2 is 1.64 bits per heavy atom. The number of hydrogen-bond donors (Lipinski definition) is 0. The second kappa shape index (κ2) is 3.42. The van der Waals surface area contributed by atoms with Crippen molar-refractivity contribution in [1.82, 2.24) is 0 Å². The molecule has 0 atom stereocenters. The monoisotopic (exact) mass is 208 g/mol. The van der Waals surface area contributed by atoms with Gasteiger partial charge in [-0.2, -0.15) is 13.2 Å². The molecule has 84 valence electrons. The second-order valence-corrected chi connectivity index (χ2v) is 5.37. The molecule has 0 aromatic rings. The van der Waals surface area contributed by atoms with Gasteiger partial charge >= 0.3 is 6.18 Å². The summed E-state index contributed by atoms with van der Waals surface area (Å²) >= 11 is 0. The molecule has 0 saturated heterocycles. The molecule has 0 heterocycles. The Morgan fingerprint density at radius 1 is 1.14 bits per heavy atom. The molecule has 0 spiro atoms. The summed E-state index contributed by atoms with van der Waals surface area (Å²) in [6.07, 6.45) is -1.17. The van der Waals surface area contributed by atoms with Crippen LogP contribution in [0.1, 0.15) is 52.9 Å². The normalized spacial score (nSPS) is 21.0. The quantitative estimate of drug-likeness (QED) is 0.636. The lowest BCUT2D eigenvalue weighted by molar-refractivity contribution is -0.195. The van der Waals surface area contributed by atoms with Gasteiger partial charge in [0.25, 0.3) is 0 Å². The van der Waals surface area contributed by atoms with Gasteiger partial charge in [0.2, 0.25) is 0 Å². The summed E-state index contributed by atoms with van der Waals surface area (Å²) in [7, 11) is 0. The molecule has 0 amide bonds. The van der Waals surface area contributed by atoms with Crippen molar-refractivity contribution >= 4 is 0 Å². The summed E-state index contributed by atoms with van der Waals surface area (Å²) in [6, 6.07) is 0. The Bertz CT molecular complexity index is 199. The van der Waals surface area contributed by atoms with E-state index in [4.69, 9.17) is 0 Å². The van der Waals surface area contributed by atoms with E-state index in [2.05, 4.69) is 0 Å². The summed E-state index contributed by atoms with van der Waals surface area (Å²) < 4.78 is 38.0. The molecule has 1 aliphatic carbocycles. The van der Waals surface area contributed by atoms with E-state index in [0.717, 1.165) is 12.8 Å². The average Bonchev–Trinajstić information content (AvgIpc) is 2.65. The molecule has 1 aliphatic rings. The van der Waals surface area contributed by atoms with Crippen LogP contribution in [0.2, 0.25) is 0 Å². The van der Waals surface area contributed by atoms with Gasteiger partial charge < -0.3 is 0 Å². The van der Waals surface area contributed by atoms with Crippen molar-refractivity contribution in [2.75, 3.05) is 0 Å². The first-order valence-corrected chi connectivity index (χ1v) is 5.29. The topological polar surface area (TPSA) is 0 Å². The van der Waals surface area contributed by atoms with Gasteiger partial charge in [0.15, 0.2) is 0 Å². The van der Waals surface area contributed by atoms with Crippen LogP contribution < -0.4 is 0 Å². The summed E-state index contributed by atoms with van der Waals surface area (Å²) in [6.45, 7) is 5.92. The Hall–Kier alpha value is -0.210. The third kappa shape index (κ3) is 2.43. The first-order chi connectivity index (χ1) is 6.22. The second-order valence-electron chi connectivity index (χ2n) is 5.37. The fraction of sp³-hybridized carbons (Fsp3) is 1.00. The molecule has 3 heteroatoms. The molecule has 1 fully saturated rings. The van der Waals surface area contributed by atoms with Crippen molar-refractivity contribution in [1.29, 1.82) is 0 Å². The largest absolute Gasteiger partial charge is 0.394 e. The Morgan fingerprint density at radius 3 is 1.93 bits per heavy atom. The molecule has 0 N–H and O–H groups in total. The zero-order valence-electron chi connectivity index (χ0n) is 9.17. The molecule has 0 bridgehead atoms. The SMILES string of the molecule is CCCC(C)(C)CC1(C(F)(F)F)CC1. The predicted molar refractivity (Wildman–Crippen MR) is 51.0 cm³/mol. The number of alkyl halides is 3. The number of halogens is 3. The minimum absolute atomic E-state index is 0.166. The van der Waals surface area contributed by atoms with Crippen LogP contribution in [-0.4, -0.2) is 6.18 Å². The van der Waals surface area contributed by atoms with E-state index in [1.807, 2.05) is 20.8 Å². The molecule has 0 aromatic heterocycles. The summed E-state index contributed by atoms with van der Waals surface area (Å²) in [5.41, 5.74) is -1.49. The highest BCUT2D eigenvalue weighted by Crippen LogP contribution is 2.63. The third-order valence-corrected chi connectivity index (χ3v) is 3.20. The zero-order valence-corrected chi connectivity index (χ0v) is 9.17. The van der Waals surface area contributed by atoms with Crippen LogP contribution >= 0.6 is 0 Å². The summed E-state index contributed by atoms with van der Waals surface area (Å²) in [5, 5.41) is 0. The van der Waals surface area contributed by atoms with Gasteiger partial charge in [-0.05, 0) is 31.1 Å². The lowest BCUT2D eigenvalue weighted by atomic mass is 9.77. The van der Waals surface area contributed by atoms with Gasteiger partial charge in [0, 0.05) is 0 Å². The maximum Gasteiger partial charge on any atom is 0.394 e. The Labute approximate surface area is 83.9 Å². The van der Waals surface area contributed by atoms with Gasteiger partial charge in [-0.15, -0.1) is 0 Å². The van der Waals surface area contributed by atoms with E-state index in [0.29, 0.717) is 19.3 Å². The first kappa shape index (κ1) is 11.9. The smallest absolute Gasteiger partial charge is 0.171 e. The van der Waals surface area contributed by atoms with Crippen LogP contribution in [0.4, 0.5) is 13.2 Å². The highest BCUT2D eigenvalue weighted by Gasteiger charge is 2.63. The molecule has 1 rings (SSSR count). The molecule has 1 saturated carbocycles. The molecule has 14 heavy (non-hydrogen) atoms. The van der Waals surface area contributed by atoms with Crippen molar-refractivity contribution in [3.63, 3.8) is 0 Å². The van der Waals surface area contributed by atoms with Crippen molar-refractivity contribution in [3.8, 4) is 0 Å². The molecule has 0 nitrogen and oxygen atoms in total. The fourth-order valence-corrected chi connectivity index (χ4v) is 2.39. The maximum absolute atomic E-state index is 12.7. The van der Waals surface area contributed by atoms with Crippen molar-refractivity contribution in [2.24, 2.45) is 10.8 Å². The first-order valence-electron chi connectivity index (χ1n) is 5.29. The molecule has 0 aliphatic heterocycles. The van der Waals surface area contributed by atoms with E-state index >= 15 is 0 Å². The highest BCUT2D eigenvalue weighted by molar-refractivity contribution is 5.01. The Kier molecular flexibility index (Phi) is 2.90. The highest BCUT2D eigenvalue weighted by atomic mass is 19.4. The van der Waals surface area contributed by atoms with Gasteiger partial charge in [-0.25, -0.2) is 0 Å². The van der Waals surface area contributed by atoms with Crippen molar-refractivity contribution < 1.29 is 13.2 Å². The van der Waals surface area contributed by atoms with E-state index in [1.54, 1.807) is 0 Å². The van der Waals surface area contributed by atoms with Crippen LogP contribution in [0.15, 0.2) is 0 Å². The standard InChI is InChI=1S/C11H19F3/c1-4-5-9(2,3)8-10(6-7-10)11(12,13)14/h4-8H2,1-3H3. The molecule has 0 unspecified atom stereocenters. The van der Waals surface area contributed by atoms with Gasteiger partial charge in [-0.3, -0.25) is 0 Å². The van der Waals surface area contributed by atoms with Gasteiger partial charge in [0.1, 0.15) is 0 Å². The van der Waals surface area contributed by atoms with E-state index < -0.39 is 11.6 Å². The Balaban J connectivity index is 2.60. The van der Waals surface area contributed by atoms with Crippen molar-refractivity contribution in [3.05, 3.63) is 0 Å². The van der Waals surface area contributed by atoms with Crippen molar-refractivity contribution in [2.45, 2.75) is 59.1 Å². The minimum atomic E-state index is -3.99. The van der Waals surface area contributed by atoms with E-state index in [9.17, 15) is 13.2 Å². The predicted octanol–water partition coefficient (Wildman–Crippen LogP) is 4.55.